The highest BCUT2D eigenvalue weighted by Gasteiger charge is 2.22. The van der Waals surface area contributed by atoms with Gasteiger partial charge in [-0.15, -0.1) is 0 Å². The summed E-state index contributed by atoms with van der Waals surface area (Å²) in [6.07, 6.45) is 8.07. The molecule has 0 aromatic carbocycles. The second-order valence-corrected chi connectivity index (χ2v) is 4.60. The average Bonchev–Trinajstić information content (AvgIpc) is 2.45. The normalized spacial score (nSPS) is 20.2. The summed E-state index contributed by atoms with van der Waals surface area (Å²) in [5, 5.41) is 8.71. The van der Waals surface area contributed by atoms with E-state index < -0.39 is 0 Å². The number of hydrogen-bond donors (Lipinski definition) is 1. The van der Waals surface area contributed by atoms with Crippen LogP contribution in [0.25, 0.3) is 0 Å². The van der Waals surface area contributed by atoms with E-state index in [1.165, 1.54) is 24.8 Å². The van der Waals surface area contributed by atoms with Gasteiger partial charge in [-0.3, -0.25) is 9.88 Å². The maximum absolute atomic E-state index is 8.71. The van der Waals surface area contributed by atoms with Gasteiger partial charge in [0.15, 0.2) is 0 Å². The molecule has 2 rings (SSSR count). The maximum Gasteiger partial charge on any atom is 0.0606 e. The SMILES string of the molecule is OCCC#CCN1CCCCC1c1cccnc1. The zero-order chi connectivity index (χ0) is 12.6. The van der Waals surface area contributed by atoms with E-state index in [0.29, 0.717) is 12.5 Å². The lowest BCUT2D eigenvalue weighted by Gasteiger charge is -2.34. The molecule has 1 aliphatic rings. The summed E-state index contributed by atoms with van der Waals surface area (Å²) in [7, 11) is 0. The first-order valence-electron chi connectivity index (χ1n) is 6.62. The van der Waals surface area contributed by atoms with Crippen molar-refractivity contribution in [2.75, 3.05) is 19.7 Å². The highest BCUT2D eigenvalue weighted by atomic mass is 16.2. The molecule has 1 aliphatic heterocycles. The Labute approximate surface area is 109 Å². The summed E-state index contributed by atoms with van der Waals surface area (Å²) >= 11 is 0. The molecule has 3 heteroatoms. The number of aliphatic hydroxyl groups excluding tert-OH is 1. The molecule has 18 heavy (non-hydrogen) atoms. The Morgan fingerprint density at radius 3 is 3.11 bits per heavy atom. The Morgan fingerprint density at radius 2 is 2.33 bits per heavy atom. The van der Waals surface area contributed by atoms with E-state index in [2.05, 4.69) is 27.8 Å². The van der Waals surface area contributed by atoms with Crippen LogP contribution in [0.1, 0.15) is 37.3 Å². The summed E-state index contributed by atoms with van der Waals surface area (Å²) in [4.78, 5) is 6.63. The van der Waals surface area contributed by atoms with Crippen LogP contribution >= 0.6 is 0 Å². The van der Waals surface area contributed by atoms with Crippen LogP contribution in [0.2, 0.25) is 0 Å². The van der Waals surface area contributed by atoms with Crippen LogP contribution in [-0.2, 0) is 0 Å². The van der Waals surface area contributed by atoms with Crippen LogP contribution in [0.15, 0.2) is 24.5 Å². The number of aliphatic hydroxyl groups is 1. The quantitative estimate of drug-likeness (QED) is 0.826. The van der Waals surface area contributed by atoms with Crippen molar-refractivity contribution < 1.29 is 5.11 Å². The molecule has 0 bridgehead atoms. The molecular formula is C15H20N2O. The van der Waals surface area contributed by atoms with Crippen molar-refractivity contribution in [2.45, 2.75) is 31.7 Å². The van der Waals surface area contributed by atoms with Gasteiger partial charge in [0.05, 0.1) is 13.2 Å². The third-order valence-corrected chi connectivity index (χ3v) is 3.33. The molecule has 1 N–H and O–H groups in total. The molecule has 1 aromatic heterocycles. The Bertz CT molecular complexity index is 407. The number of likely N-dealkylation sites (tertiary alicyclic amines) is 1. The number of nitrogens with zero attached hydrogens (tertiary/aromatic N) is 2. The lowest BCUT2D eigenvalue weighted by Crippen LogP contribution is -2.33. The highest BCUT2D eigenvalue weighted by Crippen LogP contribution is 2.29. The lowest BCUT2D eigenvalue weighted by atomic mass is 9.96. The Morgan fingerprint density at radius 1 is 1.39 bits per heavy atom. The first kappa shape index (κ1) is 13.1. The molecule has 96 valence electrons. The first-order chi connectivity index (χ1) is 8.92. The molecule has 1 saturated heterocycles. The van der Waals surface area contributed by atoms with Crippen LogP contribution in [-0.4, -0.2) is 34.7 Å². The number of hydrogen-bond acceptors (Lipinski definition) is 3. The molecule has 0 spiro atoms. The van der Waals surface area contributed by atoms with Gasteiger partial charge in [0.1, 0.15) is 0 Å². The van der Waals surface area contributed by atoms with Gasteiger partial charge in [-0.2, -0.15) is 0 Å². The molecular weight excluding hydrogens is 224 g/mol. The van der Waals surface area contributed by atoms with Gasteiger partial charge < -0.3 is 5.11 Å². The Hall–Kier alpha value is -1.37. The second-order valence-electron chi connectivity index (χ2n) is 4.60. The minimum absolute atomic E-state index is 0.152. The predicted octanol–water partition coefficient (Wildman–Crippen LogP) is 1.99. The van der Waals surface area contributed by atoms with E-state index in [4.69, 9.17) is 5.11 Å². The van der Waals surface area contributed by atoms with Crippen LogP contribution in [0.3, 0.4) is 0 Å². The predicted molar refractivity (Wildman–Crippen MR) is 71.9 cm³/mol. The largest absolute Gasteiger partial charge is 0.395 e. The number of rotatable bonds is 3. The van der Waals surface area contributed by atoms with Gasteiger partial charge in [0, 0.05) is 24.9 Å². The number of pyridine rings is 1. The lowest BCUT2D eigenvalue weighted by molar-refractivity contribution is 0.169. The minimum Gasteiger partial charge on any atom is -0.395 e. The summed E-state index contributed by atoms with van der Waals surface area (Å²) in [5.41, 5.74) is 1.29. The van der Waals surface area contributed by atoms with E-state index in [0.717, 1.165) is 13.1 Å². The van der Waals surface area contributed by atoms with E-state index in [-0.39, 0.29) is 6.61 Å². The fourth-order valence-electron chi connectivity index (χ4n) is 2.43. The second kappa shape index (κ2) is 7.15. The van der Waals surface area contributed by atoms with Gasteiger partial charge >= 0.3 is 0 Å². The van der Waals surface area contributed by atoms with Gasteiger partial charge in [0.2, 0.25) is 0 Å². The number of aromatic nitrogens is 1. The van der Waals surface area contributed by atoms with Crippen molar-refractivity contribution in [3.63, 3.8) is 0 Å². The van der Waals surface area contributed by atoms with Crippen LogP contribution in [0.4, 0.5) is 0 Å². The molecule has 2 heterocycles. The van der Waals surface area contributed by atoms with E-state index in [1.54, 1.807) is 0 Å². The van der Waals surface area contributed by atoms with E-state index in [9.17, 15) is 0 Å². The molecule has 1 unspecified atom stereocenters. The maximum atomic E-state index is 8.71. The van der Waals surface area contributed by atoms with Crippen molar-refractivity contribution in [3.8, 4) is 11.8 Å². The van der Waals surface area contributed by atoms with Crippen molar-refractivity contribution in [2.24, 2.45) is 0 Å². The van der Waals surface area contributed by atoms with Crippen molar-refractivity contribution >= 4 is 0 Å². The molecule has 3 nitrogen and oxygen atoms in total. The van der Waals surface area contributed by atoms with Crippen LogP contribution in [0, 0.1) is 11.8 Å². The summed E-state index contributed by atoms with van der Waals surface area (Å²) in [5.74, 6) is 6.15. The average molecular weight is 244 g/mol. The standard InChI is InChI=1S/C15H20N2O/c18-12-5-1-3-10-17-11-4-2-8-15(17)14-7-6-9-16-13-14/h6-7,9,13,15,18H,2,4-5,8,10-12H2. The smallest absolute Gasteiger partial charge is 0.0606 e. The van der Waals surface area contributed by atoms with Crippen LogP contribution < -0.4 is 0 Å². The van der Waals surface area contributed by atoms with E-state index >= 15 is 0 Å². The van der Waals surface area contributed by atoms with Crippen LogP contribution in [0.5, 0.6) is 0 Å². The van der Waals surface area contributed by atoms with Gasteiger partial charge in [-0.25, -0.2) is 0 Å². The van der Waals surface area contributed by atoms with Gasteiger partial charge in [0.25, 0.3) is 0 Å². The molecule has 1 aromatic rings. The minimum atomic E-state index is 0.152. The fraction of sp³-hybridized carbons (Fsp3) is 0.533. The summed E-state index contributed by atoms with van der Waals surface area (Å²) < 4.78 is 0. The van der Waals surface area contributed by atoms with Crippen molar-refractivity contribution in [1.82, 2.24) is 9.88 Å². The third-order valence-electron chi connectivity index (χ3n) is 3.33. The molecule has 0 aliphatic carbocycles. The molecule has 0 radical (unpaired) electrons. The first-order valence-corrected chi connectivity index (χ1v) is 6.62. The Kier molecular flexibility index (Phi) is 5.19. The fourth-order valence-corrected chi connectivity index (χ4v) is 2.43. The molecule has 0 saturated carbocycles. The summed E-state index contributed by atoms with van der Waals surface area (Å²) in [6.45, 7) is 2.05. The van der Waals surface area contributed by atoms with E-state index in [1.807, 2.05) is 18.5 Å². The topological polar surface area (TPSA) is 36.4 Å². The molecule has 0 amide bonds. The Balaban J connectivity index is 2.01. The highest BCUT2D eigenvalue weighted by molar-refractivity contribution is 5.16. The van der Waals surface area contributed by atoms with Crippen molar-refractivity contribution in [1.29, 1.82) is 0 Å². The van der Waals surface area contributed by atoms with Gasteiger partial charge in [-0.05, 0) is 31.0 Å². The van der Waals surface area contributed by atoms with Gasteiger partial charge in [-0.1, -0.05) is 24.3 Å². The zero-order valence-corrected chi connectivity index (χ0v) is 10.7. The zero-order valence-electron chi connectivity index (χ0n) is 10.7. The van der Waals surface area contributed by atoms with Crippen molar-refractivity contribution in [3.05, 3.63) is 30.1 Å². The third kappa shape index (κ3) is 3.56. The molecule has 1 atom stereocenters. The number of piperidine rings is 1. The monoisotopic (exact) mass is 244 g/mol. The molecule has 1 fully saturated rings. The summed E-state index contributed by atoms with van der Waals surface area (Å²) in [6, 6.07) is 4.60.